The molecule has 148 valence electrons. The fraction of sp³-hybridized carbons (Fsp3) is 0.227. The molecule has 2 heterocycles. The Labute approximate surface area is 169 Å². The number of carbonyl (C=O) groups is 1. The number of aryl methyl sites for hydroxylation is 1. The molecular weight excluding hydrogens is 369 g/mol. The molecule has 4 rings (SSSR count). The SMILES string of the molecule is Cc1ccccc1Nc1cnc(C(=O)N2CCN(c3ccccc3F)CC2)cn1. The number of nitrogens with zero attached hydrogens (tertiary/aromatic N) is 4. The van der Waals surface area contributed by atoms with Gasteiger partial charge in [-0.15, -0.1) is 0 Å². The van der Waals surface area contributed by atoms with Crippen LogP contribution in [0.15, 0.2) is 60.9 Å². The van der Waals surface area contributed by atoms with Crippen LogP contribution in [0.3, 0.4) is 0 Å². The fourth-order valence-electron chi connectivity index (χ4n) is 3.37. The van der Waals surface area contributed by atoms with Crippen molar-refractivity contribution in [3.05, 3.63) is 78.0 Å². The molecule has 2 aromatic carbocycles. The summed E-state index contributed by atoms with van der Waals surface area (Å²) in [5.41, 5.74) is 2.93. The second-order valence-electron chi connectivity index (χ2n) is 6.96. The molecule has 0 aliphatic carbocycles. The molecule has 1 saturated heterocycles. The number of carbonyl (C=O) groups excluding carboxylic acids is 1. The quantitative estimate of drug-likeness (QED) is 0.736. The van der Waals surface area contributed by atoms with E-state index in [2.05, 4.69) is 15.3 Å². The Kier molecular flexibility index (Phi) is 5.37. The number of halogens is 1. The minimum Gasteiger partial charge on any atom is -0.366 e. The smallest absolute Gasteiger partial charge is 0.274 e. The molecule has 1 N–H and O–H groups in total. The van der Waals surface area contributed by atoms with Gasteiger partial charge < -0.3 is 15.1 Å². The lowest BCUT2D eigenvalue weighted by molar-refractivity contribution is 0.0740. The molecule has 29 heavy (non-hydrogen) atoms. The van der Waals surface area contributed by atoms with Gasteiger partial charge in [0.15, 0.2) is 0 Å². The standard InChI is InChI=1S/C22H22FN5O/c1-16-6-2-4-8-18(16)26-21-15-24-19(14-25-21)22(29)28-12-10-27(11-13-28)20-9-5-3-7-17(20)23/h2-9,14-15H,10-13H2,1H3,(H,25,26). The van der Waals surface area contributed by atoms with E-state index < -0.39 is 0 Å². The molecule has 0 saturated carbocycles. The third-order valence-corrected chi connectivity index (χ3v) is 5.04. The summed E-state index contributed by atoms with van der Waals surface area (Å²) in [6, 6.07) is 14.6. The fourth-order valence-corrected chi connectivity index (χ4v) is 3.37. The summed E-state index contributed by atoms with van der Waals surface area (Å²) in [5, 5.41) is 3.21. The van der Waals surface area contributed by atoms with Gasteiger partial charge in [0, 0.05) is 31.9 Å². The van der Waals surface area contributed by atoms with Gasteiger partial charge in [-0.05, 0) is 30.7 Å². The number of rotatable bonds is 4. The van der Waals surface area contributed by atoms with Gasteiger partial charge in [-0.1, -0.05) is 30.3 Å². The van der Waals surface area contributed by atoms with Gasteiger partial charge in [-0.25, -0.2) is 14.4 Å². The molecule has 1 amide bonds. The van der Waals surface area contributed by atoms with Gasteiger partial charge in [0.25, 0.3) is 5.91 Å². The summed E-state index contributed by atoms with van der Waals surface area (Å²) in [4.78, 5) is 25.0. The van der Waals surface area contributed by atoms with Crippen molar-refractivity contribution in [2.24, 2.45) is 0 Å². The first-order valence-electron chi connectivity index (χ1n) is 9.55. The van der Waals surface area contributed by atoms with E-state index in [1.54, 1.807) is 23.2 Å². The van der Waals surface area contributed by atoms with Crippen LogP contribution in [0.4, 0.5) is 21.6 Å². The van der Waals surface area contributed by atoms with Crippen LogP contribution in [-0.4, -0.2) is 47.0 Å². The Morgan fingerprint density at radius 1 is 0.966 bits per heavy atom. The minimum atomic E-state index is -0.241. The molecule has 3 aromatic rings. The van der Waals surface area contributed by atoms with Crippen molar-refractivity contribution in [2.75, 3.05) is 36.4 Å². The molecule has 1 aromatic heterocycles. The van der Waals surface area contributed by atoms with Crippen LogP contribution < -0.4 is 10.2 Å². The van der Waals surface area contributed by atoms with E-state index in [0.29, 0.717) is 43.4 Å². The number of benzene rings is 2. The van der Waals surface area contributed by atoms with Crippen LogP contribution in [0.5, 0.6) is 0 Å². The molecule has 6 nitrogen and oxygen atoms in total. The summed E-state index contributed by atoms with van der Waals surface area (Å²) >= 11 is 0. The van der Waals surface area contributed by atoms with E-state index >= 15 is 0 Å². The van der Waals surface area contributed by atoms with Crippen LogP contribution in [0.25, 0.3) is 0 Å². The van der Waals surface area contributed by atoms with Gasteiger partial charge in [0.05, 0.1) is 18.1 Å². The zero-order valence-electron chi connectivity index (χ0n) is 16.2. The molecule has 1 aliphatic rings. The predicted molar refractivity (Wildman–Crippen MR) is 111 cm³/mol. The number of aromatic nitrogens is 2. The normalized spacial score (nSPS) is 14.0. The molecule has 0 spiro atoms. The monoisotopic (exact) mass is 391 g/mol. The van der Waals surface area contributed by atoms with E-state index in [4.69, 9.17) is 0 Å². The Morgan fingerprint density at radius 3 is 2.38 bits per heavy atom. The first-order chi connectivity index (χ1) is 14.1. The summed E-state index contributed by atoms with van der Waals surface area (Å²) in [6.07, 6.45) is 3.06. The number of para-hydroxylation sites is 2. The van der Waals surface area contributed by atoms with Crippen molar-refractivity contribution in [3.8, 4) is 0 Å². The summed E-state index contributed by atoms with van der Waals surface area (Å²) < 4.78 is 14.0. The number of anilines is 3. The molecule has 0 atom stereocenters. The number of piperazine rings is 1. The molecule has 0 bridgehead atoms. The maximum atomic E-state index is 14.0. The lowest BCUT2D eigenvalue weighted by atomic mass is 10.2. The average Bonchev–Trinajstić information content (AvgIpc) is 2.76. The van der Waals surface area contributed by atoms with Gasteiger partial charge in [-0.3, -0.25) is 4.79 Å². The topological polar surface area (TPSA) is 61.4 Å². The number of hydrogen-bond donors (Lipinski definition) is 1. The van der Waals surface area contributed by atoms with Crippen LogP contribution in [0.1, 0.15) is 16.1 Å². The number of hydrogen-bond acceptors (Lipinski definition) is 5. The van der Waals surface area contributed by atoms with Gasteiger partial charge >= 0.3 is 0 Å². The van der Waals surface area contributed by atoms with Crippen LogP contribution in [0, 0.1) is 12.7 Å². The number of nitrogens with one attached hydrogen (secondary N) is 1. The van der Waals surface area contributed by atoms with Crippen molar-refractivity contribution >= 4 is 23.1 Å². The third kappa shape index (κ3) is 4.18. The second-order valence-corrected chi connectivity index (χ2v) is 6.96. The third-order valence-electron chi connectivity index (χ3n) is 5.04. The molecule has 7 heteroatoms. The van der Waals surface area contributed by atoms with E-state index in [9.17, 15) is 9.18 Å². The van der Waals surface area contributed by atoms with Crippen molar-refractivity contribution < 1.29 is 9.18 Å². The van der Waals surface area contributed by atoms with E-state index in [1.165, 1.54) is 12.3 Å². The van der Waals surface area contributed by atoms with Crippen molar-refractivity contribution in [1.29, 1.82) is 0 Å². The second kappa shape index (κ2) is 8.26. The first-order valence-corrected chi connectivity index (χ1v) is 9.55. The molecule has 0 unspecified atom stereocenters. The highest BCUT2D eigenvalue weighted by molar-refractivity contribution is 5.92. The van der Waals surface area contributed by atoms with E-state index in [-0.39, 0.29) is 11.7 Å². The van der Waals surface area contributed by atoms with Gasteiger partial charge in [0.1, 0.15) is 17.3 Å². The Hall–Kier alpha value is -3.48. The molecular formula is C22H22FN5O. The largest absolute Gasteiger partial charge is 0.366 e. The van der Waals surface area contributed by atoms with E-state index in [0.717, 1.165) is 11.3 Å². The zero-order chi connectivity index (χ0) is 20.2. The molecule has 1 fully saturated rings. The maximum absolute atomic E-state index is 14.0. The van der Waals surface area contributed by atoms with Crippen molar-refractivity contribution in [2.45, 2.75) is 6.92 Å². The average molecular weight is 391 g/mol. The summed E-state index contributed by atoms with van der Waals surface area (Å²) in [6.45, 7) is 4.19. The summed E-state index contributed by atoms with van der Waals surface area (Å²) in [7, 11) is 0. The van der Waals surface area contributed by atoms with Crippen LogP contribution >= 0.6 is 0 Å². The highest BCUT2D eigenvalue weighted by atomic mass is 19.1. The lowest BCUT2D eigenvalue weighted by Gasteiger charge is -2.36. The number of amides is 1. The minimum absolute atomic E-state index is 0.159. The van der Waals surface area contributed by atoms with Crippen LogP contribution in [-0.2, 0) is 0 Å². The molecule has 0 radical (unpaired) electrons. The highest BCUT2D eigenvalue weighted by Crippen LogP contribution is 2.21. The Morgan fingerprint density at radius 2 is 1.69 bits per heavy atom. The molecule has 1 aliphatic heterocycles. The van der Waals surface area contributed by atoms with Gasteiger partial charge in [-0.2, -0.15) is 0 Å². The zero-order valence-corrected chi connectivity index (χ0v) is 16.2. The Balaban J connectivity index is 1.38. The first kappa shape index (κ1) is 18.9. The van der Waals surface area contributed by atoms with Crippen LogP contribution in [0.2, 0.25) is 0 Å². The Bertz CT molecular complexity index is 1000. The van der Waals surface area contributed by atoms with Crippen molar-refractivity contribution in [3.63, 3.8) is 0 Å². The van der Waals surface area contributed by atoms with Crippen molar-refractivity contribution in [1.82, 2.24) is 14.9 Å². The lowest BCUT2D eigenvalue weighted by Crippen LogP contribution is -2.49. The highest BCUT2D eigenvalue weighted by Gasteiger charge is 2.24. The summed E-state index contributed by atoms with van der Waals surface area (Å²) in [5.74, 6) is 0.184. The predicted octanol–water partition coefficient (Wildman–Crippen LogP) is 3.63. The maximum Gasteiger partial charge on any atom is 0.274 e. The van der Waals surface area contributed by atoms with Gasteiger partial charge in [0.2, 0.25) is 0 Å². The van der Waals surface area contributed by atoms with E-state index in [1.807, 2.05) is 42.2 Å².